The normalized spacial score (nSPS) is 16.1. The van der Waals surface area contributed by atoms with Crippen LogP contribution >= 0.6 is 23.1 Å². The van der Waals surface area contributed by atoms with Crippen LogP contribution in [0.5, 0.6) is 0 Å². The fraction of sp³-hybridized carbons (Fsp3) is 0.370. The van der Waals surface area contributed by atoms with Crippen molar-refractivity contribution in [1.29, 1.82) is 0 Å². The van der Waals surface area contributed by atoms with Gasteiger partial charge < -0.3 is 5.32 Å². The topological polar surface area (TPSA) is 32.3 Å². The first-order chi connectivity index (χ1) is 15.6. The molecule has 0 radical (unpaired) electrons. The lowest BCUT2D eigenvalue weighted by Crippen LogP contribution is -2.37. The zero-order chi connectivity index (χ0) is 22.5. The van der Waals surface area contributed by atoms with Gasteiger partial charge in [-0.05, 0) is 80.4 Å². The first kappa shape index (κ1) is 23.1. The molecule has 4 rings (SSSR count). The molecule has 1 amide bonds. The van der Waals surface area contributed by atoms with Crippen molar-refractivity contribution in [2.45, 2.75) is 44.0 Å². The SMILES string of the molecule is CCc1cc([C@@H](c2ccc(SC)cc2)N2CCC(C)CC2)c(NC(=O)c2ccccc2)s1. The van der Waals surface area contributed by atoms with Gasteiger partial charge in [-0.15, -0.1) is 23.1 Å². The molecule has 1 aliphatic heterocycles. The lowest BCUT2D eigenvalue weighted by molar-refractivity contribution is 0.102. The number of nitrogens with zero attached hydrogens (tertiary/aromatic N) is 1. The third-order valence-corrected chi connectivity index (χ3v) is 8.29. The number of hydrogen-bond donors (Lipinski definition) is 1. The maximum Gasteiger partial charge on any atom is 0.256 e. The van der Waals surface area contributed by atoms with Crippen LogP contribution in [0.3, 0.4) is 0 Å². The molecule has 1 atom stereocenters. The quantitative estimate of drug-likeness (QED) is 0.378. The van der Waals surface area contributed by atoms with Gasteiger partial charge in [0, 0.05) is 20.9 Å². The Morgan fingerprint density at radius 1 is 1.12 bits per heavy atom. The Bertz CT molecular complexity index is 1020. The molecule has 1 aromatic heterocycles. The summed E-state index contributed by atoms with van der Waals surface area (Å²) < 4.78 is 0. The number of hydrogen-bond acceptors (Lipinski definition) is 4. The fourth-order valence-corrected chi connectivity index (χ4v) is 5.79. The predicted octanol–water partition coefficient (Wildman–Crippen LogP) is 7.11. The van der Waals surface area contributed by atoms with E-state index in [1.807, 2.05) is 30.3 Å². The van der Waals surface area contributed by atoms with Crippen LogP contribution in [0.2, 0.25) is 0 Å². The van der Waals surface area contributed by atoms with E-state index in [2.05, 4.69) is 60.7 Å². The number of carbonyl (C=O) groups excluding carboxylic acids is 1. The van der Waals surface area contributed by atoms with Gasteiger partial charge in [-0.2, -0.15) is 0 Å². The van der Waals surface area contributed by atoms with Gasteiger partial charge in [0.25, 0.3) is 5.91 Å². The van der Waals surface area contributed by atoms with E-state index >= 15 is 0 Å². The van der Waals surface area contributed by atoms with Crippen molar-refractivity contribution in [3.8, 4) is 0 Å². The molecule has 0 bridgehead atoms. The number of thioether (sulfide) groups is 1. The smallest absolute Gasteiger partial charge is 0.256 e. The molecule has 2 heterocycles. The number of benzene rings is 2. The fourth-order valence-electron chi connectivity index (χ4n) is 4.36. The summed E-state index contributed by atoms with van der Waals surface area (Å²) in [4.78, 5) is 18.2. The summed E-state index contributed by atoms with van der Waals surface area (Å²) in [6.07, 6.45) is 5.52. The van der Waals surface area contributed by atoms with E-state index < -0.39 is 0 Å². The number of aryl methyl sites for hydroxylation is 1. The van der Waals surface area contributed by atoms with Crippen molar-refractivity contribution in [3.05, 3.63) is 82.2 Å². The Kier molecular flexibility index (Phi) is 7.71. The molecule has 0 spiro atoms. The minimum Gasteiger partial charge on any atom is -0.313 e. The zero-order valence-electron chi connectivity index (χ0n) is 19.1. The second kappa shape index (κ2) is 10.7. The third kappa shape index (κ3) is 5.28. The second-order valence-electron chi connectivity index (χ2n) is 8.57. The Labute approximate surface area is 200 Å². The molecule has 1 aliphatic rings. The van der Waals surface area contributed by atoms with E-state index in [1.54, 1.807) is 23.1 Å². The number of piperidine rings is 1. The van der Waals surface area contributed by atoms with E-state index in [4.69, 9.17) is 0 Å². The maximum absolute atomic E-state index is 13.0. The van der Waals surface area contributed by atoms with E-state index in [0.29, 0.717) is 5.56 Å². The Balaban J connectivity index is 1.72. The molecule has 0 saturated carbocycles. The van der Waals surface area contributed by atoms with Crippen molar-refractivity contribution in [1.82, 2.24) is 4.90 Å². The minimum absolute atomic E-state index is 0.0416. The average molecular weight is 465 g/mol. The Hall–Kier alpha value is -2.08. The molecular weight excluding hydrogens is 432 g/mol. The third-order valence-electron chi connectivity index (χ3n) is 6.33. The molecule has 3 aromatic rings. The van der Waals surface area contributed by atoms with Crippen molar-refractivity contribution in [2.24, 2.45) is 5.92 Å². The molecule has 0 aliphatic carbocycles. The minimum atomic E-state index is -0.0416. The van der Waals surface area contributed by atoms with Gasteiger partial charge in [0.05, 0.1) is 6.04 Å². The first-order valence-electron chi connectivity index (χ1n) is 11.5. The van der Waals surface area contributed by atoms with Gasteiger partial charge in [-0.1, -0.05) is 44.2 Å². The zero-order valence-corrected chi connectivity index (χ0v) is 20.8. The highest BCUT2D eigenvalue weighted by Gasteiger charge is 2.29. The largest absolute Gasteiger partial charge is 0.313 e. The Morgan fingerprint density at radius 2 is 1.81 bits per heavy atom. The lowest BCUT2D eigenvalue weighted by atomic mass is 9.92. The van der Waals surface area contributed by atoms with Crippen molar-refractivity contribution < 1.29 is 4.79 Å². The molecule has 3 nitrogen and oxygen atoms in total. The summed E-state index contributed by atoms with van der Waals surface area (Å²) in [5, 5.41) is 4.23. The van der Waals surface area contributed by atoms with E-state index in [0.717, 1.165) is 30.4 Å². The monoisotopic (exact) mass is 464 g/mol. The number of anilines is 1. The molecule has 1 fully saturated rings. The number of nitrogens with one attached hydrogen (secondary N) is 1. The summed E-state index contributed by atoms with van der Waals surface area (Å²) >= 11 is 3.48. The van der Waals surface area contributed by atoms with Crippen LogP contribution in [0.4, 0.5) is 5.00 Å². The summed E-state index contributed by atoms with van der Waals surface area (Å²) in [7, 11) is 0. The van der Waals surface area contributed by atoms with Gasteiger partial charge >= 0.3 is 0 Å². The van der Waals surface area contributed by atoms with Crippen LogP contribution in [0.1, 0.15) is 59.1 Å². The predicted molar refractivity (Wildman–Crippen MR) is 138 cm³/mol. The van der Waals surface area contributed by atoms with Crippen molar-refractivity contribution >= 4 is 34.0 Å². The highest BCUT2D eigenvalue weighted by molar-refractivity contribution is 7.98. The maximum atomic E-state index is 13.0. The number of rotatable bonds is 7. The standard InChI is InChI=1S/C27H32N2OS2/c1-4-22-18-24(27(32-22)28-26(30)21-8-6-5-7-9-21)25(29-16-14-19(2)15-17-29)20-10-12-23(31-3)13-11-20/h5-13,18-19,25H,4,14-17H2,1-3H3,(H,28,30)/t25-/m1/s1. The molecule has 1 N–H and O–H groups in total. The van der Waals surface area contributed by atoms with E-state index in [1.165, 1.54) is 33.7 Å². The van der Waals surface area contributed by atoms with Crippen LogP contribution in [-0.4, -0.2) is 30.2 Å². The van der Waals surface area contributed by atoms with Crippen LogP contribution in [0.25, 0.3) is 0 Å². The second-order valence-corrected chi connectivity index (χ2v) is 10.6. The molecule has 5 heteroatoms. The number of thiophene rings is 1. The summed E-state index contributed by atoms with van der Waals surface area (Å²) in [5.74, 6) is 0.733. The van der Waals surface area contributed by atoms with Crippen molar-refractivity contribution in [3.63, 3.8) is 0 Å². The highest BCUT2D eigenvalue weighted by atomic mass is 32.2. The van der Waals surface area contributed by atoms with E-state index in [9.17, 15) is 4.79 Å². The molecule has 2 aromatic carbocycles. The molecular formula is C27H32N2OS2. The van der Waals surface area contributed by atoms with Crippen LogP contribution < -0.4 is 5.32 Å². The van der Waals surface area contributed by atoms with Crippen LogP contribution in [0, 0.1) is 5.92 Å². The van der Waals surface area contributed by atoms with Crippen LogP contribution in [0.15, 0.2) is 65.6 Å². The number of likely N-dealkylation sites (tertiary alicyclic amines) is 1. The van der Waals surface area contributed by atoms with Crippen molar-refractivity contribution in [2.75, 3.05) is 24.7 Å². The summed E-state index contributed by atoms with van der Waals surface area (Å²) in [6.45, 7) is 6.70. The number of carbonyl (C=O) groups is 1. The van der Waals surface area contributed by atoms with Crippen LogP contribution in [-0.2, 0) is 6.42 Å². The van der Waals surface area contributed by atoms with Gasteiger partial charge in [0.15, 0.2) is 0 Å². The van der Waals surface area contributed by atoms with Gasteiger partial charge in [0.2, 0.25) is 0 Å². The first-order valence-corrected chi connectivity index (χ1v) is 13.5. The molecule has 32 heavy (non-hydrogen) atoms. The molecule has 168 valence electrons. The average Bonchev–Trinajstić information content (AvgIpc) is 3.23. The van der Waals surface area contributed by atoms with E-state index in [-0.39, 0.29) is 11.9 Å². The number of amides is 1. The summed E-state index contributed by atoms with van der Waals surface area (Å²) in [5.41, 5.74) is 3.22. The molecule has 0 unspecified atom stereocenters. The van der Waals surface area contributed by atoms with Gasteiger partial charge in [-0.25, -0.2) is 0 Å². The Morgan fingerprint density at radius 3 is 2.44 bits per heavy atom. The summed E-state index contributed by atoms with van der Waals surface area (Å²) in [6, 6.07) is 20.9. The lowest BCUT2D eigenvalue weighted by Gasteiger charge is -2.37. The van der Waals surface area contributed by atoms with Gasteiger partial charge in [-0.3, -0.25) is 9.69 Å². The van der Waals surface area contributed by atoms with Gasteiger partial charge in [0.1, 0.15) is 5.00 Å². The molecule has 1 saturated heterocycles. The highest BCUT2D eigenvalue weighted by Crippen LogP contribution is 2.41.